The van der Waals surface area contributed by atoms with Crippen LogP contribution in [0.4, 0.5) is 5.69 Å². The first-order valence-electron chi connectivity index (χ1n) is 12.2. The van der Waals surface area contributed by atoms with Crippen LogP contribution in [0.25, 0.3) is 5.69 Å². The average Bonchev–Trinajstić information content (AvgIpc) is 2.92. The number of piperazine rings is 1. The van der Waals surface area contributed by atoms with Crippen molar-refractivity contribution < 1.29 is 4.74 Å². The molecule has 2 heterocycles. The van der Waals surface area contributed by atoms with Crippen molar-refractivity contribution in [3.8, 4) is 11.4 Å². The fourth-order valence-electron chi connectivity index (χ4n) is 4.49. The zero-order valence-corrected chi connectivity index (χ0v) is 21.1. The number of benzene rings is 3. The van der Waals surface area contributed by atoms with Gasteiger partial charge in [-0.3, -0.25) is 9.69 Å². The summed E-state index contributed by atoms with van der Waals surface area (Å²) in [5, 5.41) is 5.34. The molecular formula is C29H29ClN4O2. The minimum Gasteiger partial charge on any atom is -0.481 e. The molecule has 0 saturated carbocycles. The highest BCUT2D eigenvalue weighted by Crippen LogP contribution is 2.27. The number of aromatic nitrogens is 2. The third-order valence-electron chi connectivity index (χ3n) is 6.52. The highest BCUT2D eigenvalue weighted by atomic mass is 35.5. The largest absolute Gasteiger partial charge is 0.481 e. The van der Waals surface area contributed by atoms with E-state index < -0.39 is 0 Å². The zero-order chi connectivity index (χ0) is 24.9. The van der Waals surface area contributed by atoms with Gasteiger partial charge in [0.15, 0.2) is 0 Å². The lowest BCUT2D eigenvalue weighted by atomic mass is 10.1. The molecule has 36 heavy (non-hydrogen) atoms. The molecule has 0 aliphatic carbocycles. The van der Waals surface area contributed by atoms with Crippen molar-refractivity contribution in [2.24, 2.45) is 0 Å². The third kappa shape index (κ3) is 5.30. The van der Waals surface area contributed by atoms with Gasteiger partial charge in [0.2, 0.25) is 5.75 Å². The van der Waals surface area contributed by atoms with E-state index in [0.29, 0.717) is 18.0 Å². The van der Waals surface area contributed by atoms with Gasteiger partial charge in [-0.05, 0) is 35.7 Å². The second-order valence-corrected chi connectivity index (χ2v) is 9.37. The lowest BCUT2D eigenvalue weighted by molar-refractivity contribution is 0.247. The molecule has 0 spiro atoms. The lowest BCUT2D eigenvalue weighted by Crippen LogP contribution is -2.46. The summed E-state index contributed by atoms with van der Waals surface area (Å²) in [5.74, 6) is 0.327. The van der Waals surface area contributed by atoms with E-state index in [4.69, 9.17) is 16.3 Å². The molecule has 4 aromatic rings. The van der Waals surface area contributed by atoms with Crippen molar-refractivity contribution in [3.05, 3.63) is 117 Å². The summed E-state index contributed by atoms with van der Waals surface area (Å²) in [6.07, 6.45) is 1.75. The fourth-order valence-corrected chi connectivity index (χ4v) is 4.68. The number of hydrogen-bond donors (Lipinski definition) is 0. The van der Waals surface area contributed by atoms with Crippen LogP contribution in [0, 0.1) is 6.92 Å². The average molecular weight is 501 g/mol. The predicted octanol–water partition coefficient (Wildman–Crippen LogP) is 5.10. The summed E-state index contributed by atoms with van der Waals surface area (Å²) in [5.41, 5.74) is 4.42. The Morgan fingerprint density at radius 2 is 1.58 bits per heavy atom. The Kier molecular flexibility index (Phi) is 7.35. The molecule has 1 saturated heterocycles. The Balaban J connectivity index is 1.37. The second-order valence-electron chi connectivity index (χ2n) is 9.00. The highest BCUT2D eigenvalue weighted by molar-refractivity contribution is 6.32. The van der Waals surface area contributed by atoms with Gasteiger partial charge in [0, 0.05) is 37.7 Å². The number of rotatable bonds is 7. The van der Waals surface area contributed by atoms with Gasteiger partial charge in [0.25, 0.3) is 0 Å². The number of anilines is 1. The van der Waals surface area contributed by atoms with Crippen molar-refractivity contribution in [2.45, 2.75) is 20.1 Å². The number of aryl methyl sites for hydroxylation is 1. The van der Waals surface area contributed by atoms with E-state index >= 15 is 0 Å². The molecule has 1 aliphatic heterocycles. The minimum absolute atomic E-state index is 0.261. The summed E-state index contributed by atoms with van der Waals surface area (Å²) in [7, 11) is 0. The quantitative estimate of drug-likeness (QED) is 0.353. The summed E-state index contributed by atoms with van der Waals surface area (Å²) in [6, 6.07) is 25.5. The Morgan fingerprint density at radius 1 is 0.889 bits per heavy atom. The SMILES string of the molecule is Cc1cccc(CN2CCN(c3cnn(-c4ccccc4)c(=O)c3OCc3ccccc3)CC2)c1Cl. The van der Waals surface area contributed by atoms with Crippen molar-refractivity contribution in [3.63, 3.8) is 0 Å². The standard InChI is InChI=1S/C29H29ClN4O2/c1-22-9-8-12-24(27(22)30)20-32-15-17-33(18-16-32)26-19-31-34(25-13-6-3-7-14-25)29(35)28(26)36-21-23-10-4-2-5-11-23/h2-14,19H,15-18,20-21H2,1H3. The van der Waals surface area contributed by atoms with Crippen LogP contribution in [0.1, 0.15) is 16.7 Å². The number of para-hydroxylation sites is 1. The smallest absolute Gasteiger partial charge is 0.316 e. The van der Waals surface area contributed by atoms with Gasteiger partial charge >= 0.3 is 5.56 Å². The van der Waals surface area contributed by atoms with Gasteiger partial charge < -0.3 is 9.64 Å². The van der Waals surface area contributed by atoms with Crippen LogP contribution in [0.3, 0.4) is 0 Å². The first kappa shape index (κ1) is 24.1. The molecule has 6 nitrogen and oxygen atoms in total. The minimum atomic E-state index is -0.261. The molecule has 1 fully saturated rings. The van der Waals surface area contributed by atoms with Crippen LogP contribution in [0.2, 0.25) is 5.02 Å². The van der Waals surface area contributed by atoms with Crippen LogP contribution in [-0.4, -0.2) is 40.9 Å². The van der Waals surface area contributed by atoms with Gasteiger partial charge in [0.1, 0.15) is 12.3 Å². The zero-order valence-electron chi connectivity index (χ0n) is 20.3. The molecule has 0 unspecified atom stereocenters. The van der Waals surface area contributed by atoms with Crippen molar-refractivity contribution in [2.75, 3.05) is 31.1 Å². The van der Waals surface area contributed by atoms with Crippen LogP contribution in [0.5, 0.6) is 5.75 Å². The van der Waals surface area contributed by atoms with Gasteiger partial charge in [-0.15, -0.1) is 0 Å². The van der Waals surface area contributed by atoms with Crippen molar-refractivity contribution in [1.82, 2.24) is 14.7 Å². The molecule has 0 bridgehead atoms. The Morgan fingerprint density at radius 3 is 2.31 bits per heavy atom. The summed E-state index contributed by atoms with van der Waals surface area (Å²) in [4.78, 5) is 18.1. The van der Waals surface area contributed by atoms with Crippen molar-refractivity contribution >= 4 is 17.3 Å². The molecular weight excluding hydrogens is 472 g/mol. The Hall–Kier alpha value is -3.61. The topological polar surface area (TPSA) is 50.6 Å². The summed E-state index contributed by atoms with van der Waals surface area (Å²) in [6.45, 7) is 6.39. The van der Waals surface area contributed by atoms with Crippen LogP contribution < -0.4 is 15.2 Å². The summed E-state index contributed by atoms with van der Waals surface area (Å²) < 4.78 is 7.58. The predicted molar refractivity (Wildman–Crippen MR) is 144 cm³/mol. The monoisotopic (exact) mass is 500 g/mol. The maximum absolute atomic E-state index is 13.6. The van der Waals surface area contributed by atoms with E-state index in [1.807, 2.05) is 73.7 Å². The molecule has 1 aromatic heterocycles. The van der Waals surface area contributed by atoms with Crippen LogP contribution in [0.15, 0.2) is 89.9 Å². The number of ether oxygens (including phenoxy) is 1. The first-order chi connectivity index (χ1) is 17.6. The maximum Gasteiger partial charge on any atom is 0.316 e. The van der Waals surface area contributed by atoms with Crippen LogP contribution >= 0.6 is 11.6 Å². The molecule has 0 N–H and O–H groups in total. The normalized spacial score (nSPS) is 14.1. The van der Waals surface area contributed by atoms with E-state index in [9.17, 15) is 4.79 Å². The van der Waals surface area contributed by atoms with E-state index in [1.165, 1.54) is 4.68 Å². The molecule has 3 aromatic carbocycles. The van der Waals surface area contributed by atoms with Crippen LogP contribution in [-0.2, 0) is 13.2 Å². The molecule has 7 heteroatoms. The second kappa shape index (κ2) is 11.0. The Bertz CT molecular complexity index is 1370. The molecule has 1 aliphatic rings. The number of halogens is 1. The van der Waals surface area contributed by atoms with Gasteiger partial charge in [-0.25, -0.2) is 0 Å². The van der Waals surface area contributed by atoms with Gasteiger partial charge in [-0.2, -0.15) is 9.78 Å². The Labute approximate surface area is 216 Å². The fraction of sp³-hybridized carbons (Fsp3) is 0.241. The lowest BCUT2D eigenvalue weighted by Gasteiger charge is -2.36. The number of hydrogen-bond acceptors (Lipinski definition) is 5. The highest BCUT2D eigenvalue weighted by Gasteiger charge is 2.24. The van der Waals surface area contributed by atoms with E-state index in [1.54, 1.807) is 6.20 Å². The molecule has 0 radical (unpaired) electrons. The molecule has 5 rings (SSSR count). The number of nitrogens with zero attached hydrogens (tertiary/aromatic N) is 4. The van der Waals surface area contributed by atoms with E-state index in [2.05, 4.69) is 27.0 Å². The molecule has 184 valence electrons. The van der Waals surface area contributed by atoms with Gasteiger partial charge in [0.05, 0.1) is 11.9 Å². The van der Waals surface area contributed by atoms with Crippen molar-refractivity contribution in [1.29, 1.82) is 0 Å². The summed E-state index contributed by atoms with van der Waals surface area (Å²) >= 11 is 6.53. The van der Waals surface area contributed by atoms with E-state index in [0.717, 1.165) is 60.1 Å². The molecule has 0 amide bonds. The molecule has 0 atom stereocenters. The first-order valence-corrected chi connectivity index (χ1v) is 12.5. The van der Waals surface area contributed by atoms with Gasteiger partial charge in [-0.1, -0.05) is 78.3 Å². The maximum atomic E-state index is 13.6. The van der Waals surface area contributed by atoms with E-state index in [-0.39, 0.29) is 5.56 Å². The third-order valence-corrected chi connectivity index (χ3v) is 7.06.